The summed E-state index contributed by atoms with van der Waals surface area (Å²) in [5.74, 6) is -0.427. The van der Waals surface area contributed by atoms with Gasteiger partial charge >= 0.3 is 0 Å². The van der Waals surface area contributed by atoms with Crippen LogP contribution in [-0.4, -0.2) is 78.5 Å². The second-order valence-electron chi connectivity index (χ2n) is 5.56. The highest BCUT2D eigenvalue weighted by Crippen LogP contribution is 2.26. The molecule has 2 rings (SSSR count). The van der Waals surface area contributed by atoms with Crippen molar-refractivity contribution in [1.29, 1.82) is 0 Å². The van der Waals surface area contributed by atoms with Gasteiger partial charge in [-0.2, -0.15) is 0 Å². The van der Waals surface area contributed by atoms with E-state index in [2.05, 4.69) is 4.90 Å². The molecule has 5 nitrogen and oxygen atoms in total. The van der Waals surface area contributed by atoms with E-state index in [1.54, 1.807) is 11.8 Å². The monoisotopic (exact) mass is 274 g/mol. The zero-order valence-electron chi connectivity index (χ0n) is 11.5. The number of aliphatic hydroxyl groups excluding tert-OH is 1. The highest BCUT2D eigenvalue weighted by Gasteiger charge is 2.45. The first-order valence-corrected chi connectivity index (χ1v) is 6.98. The molecule has 0 spiro atoms. The van der Waals surface area contributed by atoms with Crippen molar-refractivity contribution in [3.63, 3.8) is 0 Å². The van der Waals surface area contributed by atoms with Crippen molar-refractivity contribution < 1.29 is 19.0 Å². The normalized spacial score (nSPS) is 31.2. The molecule has 2 aliphatic heterocycles. The lowest BCUT2D eigenvalue weighted by Crippen LogP contribution is -2.48. The van der Waals surface area contributed by atoms with Gasteiger partial charge in [-0.1, -0.05) is 0 Å². The highest BCUT2D eigenvalue weighted by molar-refractivity contribution is 5.85. The molecule has 1 N–H and O–H groups in total. The molecule has 6 heteroatoms. The lowest BCUT2D eigenvalue weighted by molar-refractivity contribution is -0.143. The molecule has 1 amide bonds. The van der Waals surface area contributed by atoms with Crippen molar-refractivity contribution in [1.82, 2.24) is 9.80 Å². The minimum atomic E-state index is -1.82. The van der Waals surface area contributed by atoms with Crippen LogP contribution in [0.3, 0.4) is 0 Å². The first-order valence-electron chi connectivity index (χ1n) is 6.98. The molecule has 0 aromatic carbocycles. The summed E-state index contributed by atoms with van der Waals surface area (Å²) in [5.41, 5.74) is -1.82. The molecule has 2 fully saturated rings. The smallest absolute Gasteiger partial charge is 0.262 e. The summed E-state index contributed by atoms with van der Waals surface area (Å²) in [6.45, 7) is 5.20. The predicted octanol–water partition coefficient (Wildman–Crippen LogP) is 0.0301. The fourth-order valence-electron chi connectivity index (χ4n) is 2.72. The Morgan fingerprint density at radius 3 is 2.84 bits per heavy atom. The summed E-state index contributed by atoms with van der Waals surface area (Å²) in [6, 6.07) is 0. The van der Waals surface area contributed by atoms with Crippen molar-refractivity contribution in [2.75, 3.05) is 45.9 Å². The number of ether oxygens (including phenoxy) is 1. The summed E-state index contributed by atoms with van der Waals surface area (Å²) in [6.07, 6.45) is 0.604. The van der Waals surface area contributed by atoms with Crippen molar-refractivity contribution in [2.45, 2.75) is 31.5 Å². The van der Waals surface area contributed by atoms with Gasteiger partial charge in [-0.3, -0.25) is 9.69 Å². The van der Waals surface area contributed by atoms with E-state index in [0.717, 1.165) is 13.0 Å². The van der Waals surface area contributed by atoms with E-state index >= 15 is 0 Å². The van der Waals surface area contributed by atoms with Crippen LogP contribution in [0, 0.1) is 0 Å². The molecule has 0 aromatic heterocycles. The third-order valence-electron chi connectivity index (χ3n) is 3.75. The number of halogens is 1. The van der Waals surface area contributed by atoms with Crippen LogP contribution in [0.2, 0.25) is 0 Å². The quantitative estimate of drug-likeness (QED) is 0.789. The number of aliphatic hydroxyl groups is 1. The number of carbonyl (C=O) groups excluding carboxylic acids is 1. The zero-order valence-corrected chi connectivity index (χ0v) is 11.5. The lowest BCUT2D eigenvalue weighted by Gasteiger charge is -2.27. The van der Waals surface area contributed by atoms with Crippen LogP contribution < -0.4 is 0 Å². The number of nitrogens with zero attached hydrogens (tertiary/aromatic N) is 2. The average Bonchev–Trinajstić information content (AvgIpc) is 2.67. The fraction of sp³-hybridized carbons (Fsp3) is 0.923. The van der Waals surface area contributed by atoms with Crippen LogP contribution in [0.5, 0.6) is 0 Å². The lowest BCUT2D eigenvalue weighted by atomic mass is 10.0. The highest BCUT2D eigenvalue weighted by atomic mass is 19.1. The van der Waals surface area contributed by atoms with E-state index < -0.39 is 11.6 Å². The van der Waals surface area contributed by atoms with E-state index in [4.69, 9.17) is 4.74 Å². The van der Waals surface area contributed by atoms with Gasteiger partial charge in [0.2, 0.25) is 5.67 Å². The van der Waals surface area contributed by atoms with Gasteiger partial charge in [0.1, 0.15) is 0 Å². The number of alkyl halides is 1. The van der Waals surface area contributed by atoms with Gasteiger partial charge in [0.25, 0.3) is 5.91 Å². The Hall–Kier alpha value is -0.720. The number of β-amino-alcohol motifs (C(OH)–C–C–N with tert-alkyl or cyclic N) is 1. The Balaban J connectivity index is 1.90. The molecule has 0 aliphatic carbocycles. The molecule has 0 aromatic rings. The van der Waals surface area contributed by atoms with E-state index in [1.165, 1.54) is 0 Å². The molecule has 2 heterocycles. The molecular formula is C13H23FN2O3. The minimum absolute atomic E-state index is 0.111. The Labute approximate surface area is 113 Å². The third-order valence-corrected chi connectivity index (χ3v) is 3.75. The maximum Gasteiger partial charge on any atom is 0.262 e. The average molecular weight is 274 g/mol. The minimum Gasteiger partial charge on any atom is -0.392 e. The summed E-state index contributed by atoms with van der Waals surface area (Å²) < 4.78 is 19.4. The van der Waals surface area contributed by atoms with Crippen LogP contribution in [0.15, 0.2) is 0 Å². The Bertz CT molecular complexity index is 319. The van der Waals surface area contributed by atoms with E-state index in [-0.39, 0.29) is 19.1 Å². The van der Waals surface area contributed by atoms with Crippen molar-refractivity contribution in [2.24, 2.45) is 0 Å². The first-order chi connectivity index (χ1) is 9.01. The fourth-order valence-corrected chi connectivity index (χ4v) is 2.72. The van der Waals surface area contributed by atoms with Gasteiger partial charge in [0.05, 0.1) is 19.3 Å². The molecular weight excluding hydrogens is 251 g/mol. The van der Waals surface area contributed by atoms with Crippen LogP contribution in [0.1, 0.15) is 19.8 Å². The second kappa shape index (κ2) is 6.15. The number of hydrogen-bond acceptors (Lipinski definition) is 4. The van der Waals surface area contributed by atoms with Crippen molar-refractivity contribution in [3.8, 4) is 0 Å². The molecule has 0 saturated carbocycles. The van der Waals surface area contributed by atoms with Gasteiger partial charge in [-0.25, -0.2) is 4.39 Å². The standard InChI is InChI=1S/C13H23FN2O3/c1-11(17)9-15-4-2-5-16(7-6-15)12(18)13(14)3-8-19-10-13/h11,17H,2-10H2,1H3. The molecule has 2 aliphatic rings. The molecule has 19 heavy (non-hydrogen) atoms. The number of carbonyl (C=O) groups is 1. The Kier molecular flexibility index (Phi) is 4.76. The molecule has 2 unspecified atom stereocenters. The van der Waals surface area contributed by atoms with Gasteiger partial charge in [-0.05, 0) is 19.9 Å². The van der Waals surface area contributed by atoms with Crippen LogP contribution in [-0.2, 0) is 9.53 Å². The zero-order chi connectivity index (χ0) is 13.9. The summed E-state index contributed by atoms with van der Waals surface area (Å²) >= 11 is 0. The summed E-state index contributed by atoms with van der Waals surface area (Å²) in [4.78, 5) is 15.9. The molecule has 110 valence electrons. The third kappa shape index (κ3) is 3.64. The van der Waals surface area contributed by atoms with Gasteiger partial charge in [-0.15, -0.1) is 0 Å². The van der Waals surface area contributed by atoms with Gasteiger partial charge in [0.15, 0.2) is 0 Å². The van der Waals surface area contributed by atoms with Gasteiger partial charge in [0, 0.05) is 32.6 Å². The number of rotatable bonds is 3. The number of hydrogen-bond donors (Lipinski definition) is 1. The predicted molar refractivity (Wildman–Crippen MR) is 68.6 cm³/mol. The second-order valence-corrected chi connectivity index (χ2v) is 5.56. The molecule has 0 radical (unpaired) electrons. The first kappa shape index (κ1) is 14.7. The molecule has 0 bridgehead atoms. The summed E-state index contributed by atoms with van der Waals surface area (Å²) in [7, 11) is 0. The summed E-state index contributed by atoms with van der Waals surface area (Å²) in [5, 5.41) is 9.39. The van der Waals surface area contributed by atoms with Crippen LogP contribution in [0.25, 0.3) is 0 Å². The molecule has 2 atom stereocenters. The Morgan fingerprint density at radius 1 is 1.42 bits per heavy atom. The Morgan fingerprint density at radius 2 is 2.21 bits per heavy atom. The molecule has 2 saturated heterocycles. The van der Waals surface area contributed by atoms with E-state index in [0.29, 0.717) is 32.8 Å². The van der Waals surface area contributed by atoms with Crippen molar-refractivity contribution >= 4 is 5.91 Å². The number of amides is 1. The maximum atomic E-state index is 14.4. The topological polar surface area (TPSA) is 53.0 Å². The van der Waals surface area contributed by atoms with Gasteiger partial charge < -0.3 is 14.7 Å². The van der Waals surface area contributed by atoms with E-state index in [9.17, 15) is 14.3 Å². The largest absolute Gasteiger partial charge is 0.392 e. The van der Waals surface area contributed by atoms with Crippen LogP contribution >= 0.6 is 0 Å². The SMILES string of the molecule is CC(O)CN1CCCN(C(=O)C2(F)CCOC2)CC1. The van der Waals surface area contributed by atoms with E-state index in [1.807, 2.05) is 0 Å². The van der Waals surface area contributed by atoms with Crippen molar-refractivity contribution in [3.05, 3.63) is 0 Å². The van der Waals surface area contributed by atoms with Crippen LogP contribution in [0.4, 0.5) is 4.39 Å². The maximum absolute atomic E-state index is 14.4.